The van der Waals surface area contributed by atoms with E-state index in [1.165, 1.54) is 28.1 Å². The van der Waals surface area contributed by atoms with Gasteiger partial charge in [-0.05, 0) is 34.9 Å². The quantitative estimate of drug-likeness (QED) is 0.365. The van der Waals surface area contributed by atoms with Gasteiger partial charge in [0.15, 0.2) is 0 Å². The van der Waals surface area contributed by atoms with E-state index in [2.05, 4.69) is 127 Å². The van der Waals surface area contributed by atoms with Crippen molar-refractivity contribution >= 4 is 11.4 Å². The van der Waals surface area contributed by atoms with Crippen LogP contribution in [0.25, 0.3) is 0 Å². The number of hydrogen-bond acceptors (Lipinski definition) is 1. The third-order valence-corrected chi connectivity index (χ3v) is 5.02. The van der Waals surface area contributed by atoms with Crippen LogP contribution in [0.1, 0.15) is 22.6 Å². The van der Waals surface area contributed by atoms with Crippen LogP contribution < -0.4 is 4.90 Å². The van der Waals surface area contributed by atoms with Crippen molar-refractivity contribution < 1.29 is 0 Å². The van der Waals surface area contributed by atoms with Gasteiger partial charge in [0.2, 0.25) is 0 Å². The summed E-state index contributed by atoms with van der Waals surface area (Å²) in [5, 5.41) is 0. The lowest BCUT2D eigenvalue weighted by molar-refractivity contribution is 0.966. The molecule has 0 aromatic heterocycles. The van der Waals surface area contributed by atoms with Gasteiger partial charge < -0.3 is 4.90 Å². The van der Waals surface area contributed by atoms with Gasteiger partial charge in [-0.25, -0.2) is 0 Å². The molecule has 0 saturated heterocycles. The SMILES string of the molecule is CN(c1ccccc1)c1ccccc1C(c1ccccc1)c1ccccc1. The first-order valence-electron chi connectivity index (χ1n) is 9.32. The predicted molar refractivity (Wildman–Crippen MR) is 115 cm³/mol. The minimum absolute atomic E-state index is 0.190. The zero-order chi connectivity index (χ0) is 18.5. The topological polar surface area (TPSA) is 3.24 Å². The van der Waals surface area contributed by atoms with E-state index in [0.717, 1.165) is 0 Å². The molecule has 0 aliphatic rings. The summed E-state index contributed by atoms with van der Waals surface area (Å²) in [4.78, 5) is 2.27. The van der Waals surface area contributed by atoms with Crippen LogP contribution >= 0.6 is 0 Å². The summed E-state index contributed by atoms with van der Waals surface area (Å²) in [5.74, 6) is 0.190. The molecule has 0 aliphatic heterocycles. The van der Waals surface area contributed by atoms with Crippen molar-refractivity contribution in [1.82, 2.24) is 0 Å². The molecule has 132 valence electrons. The Hall–Kier alpha value is -3.32. The van der Waals surface area contributed by atoms with Crippen molar-refractivity contribution in [3.05, 3.63) is 132 Å². The summed E-state index contributed by atoms with van der Waals surface area (Å²) < 4.78 is 0. The lowest BCUT2D eigenvalue weighted by Crippen LogP contribution is -2.14. The van der Waals surface area contributed by atoms with Crippen LogP contribution in [0, 0.1) is 0 Å². The van der Waals surface area contributed by atoms with E-state index < -0.39 is 0 Å². The average Bonchev–Trinajstić information content (AvgIpc) is 2.76. The molecule has 0 unspecified atom stereocenters. The van der Waals surface area contributed by atoms with E-state index in [0.29, 0.717) is 0 Å². The predicted octanol–water partition coefficient (Wildman–Crippen LogP) is 6.63. The maximum absolute atomic E-state index is 2.27. The number of para-hydroxylation sites is 2. The molecule has 0 saturated carbocycles. The lowest BCUT2D eigenvalue weighted by atomic mass is 9.84. The van der Waals surface area contributed by atoms with E-state index in [1.807, 2.05) is 0 Å². The molecule has 4 aromatic rings. The fraction of sp³-hybridized carbons (Fsp3) is 0.0769. The maximum atomic E-state index is 2.27. The number of nitrogens with zero attached hydrogens (tertiary/aromatic N) is 1. The molecule has 0 fully saturated rings. The summed E-state index contributed by atoms with van der Waals surface area (Å²) in [6.45, 7) is 0. The van der Waals surface area contributed by atoms with Gasteiger partial charge in [-0.15, -0.1) is 0 Å². The Labute approximate surface area is 161 Å². The van der Waals surface area contributed by atoms with Gasteiger partial charge in [-0.3, -0.25) is 0 Å². The van der Waals surface area contributed by atoms with Crippen molar-refractivity contribution in [3.8, 4) is 0 Å². The van der Waals surface area contributed by atoms with Gasteiger partial charge in [-0.1, -0.05) is 97.1 Å². The van der Waals surface area contributed by atoms with E-state index in [1.54, 1.807) is 0 Å². The van der Waals surface area contributed by atoms with E-state index in [4.69, 9.17) is 0 Å². The zero-order valence-electron chi connectivity index (χ0n) is 15.5. The van der Waals surface area contributed by atoms with Crippen molar-refractivity contribution in [2.24, 2.45) is 0 Å². The fourth-order valence-electron chi connectivity index (χ4n) is 3.67. The number of benzene rings is 4. The van der Waals surface area contributed by atoms with Crippen LogP contribution in [0.3, 0.4) is 0 Å². The first kappa shape index (κ1) is 17.1. The van der Waals surface area contributed by atoms with Crippen LogP contribution in [-0.2, 0) is 0 Å². The average molecular weight is 349 g/mol. The van der Waals surface area contributed by atoms with Crippen molar-refractivity contribution in [2.45, 2.75) is 5.92 Å². The van der Waals surface area contributed by atoms with Crippen LogP contribution in [-0.4, -0.2) is 7.05 Å². The van der Waals surface area contributed by atoms with Gasteiger partial charge in [0.05, 0.1) is 0 Å². The molecule has 0 N–H and O–H groups in total. The zero-order valence-corrected chi connectivity index (χ0v) is 15.5. The minimum Gasteiger partial charge on any atom is -0.344 e. The molecule has 4 rings (SSSR count). The highest BCUT2D eigenvalue weighted by atomic mass is 15.1. The highest BCUT2D eigenvalue weighted by molar-refractivity contribution is 5.68. The first-order chi connectivity index (χ1) is 13.3. The van der Waals surface area contributed by atoms with Gasteiger partial charge in [0.1, 0.15) is 0 Å². The molecule has 0 radical (unpaired) electrons. The largest absolute Gasteiger partial charge is 0.344 e. The number of anilines is 2. The molecule has 4 aromatic carbocycles. The fourth-order valence-corrected chi connectivity index (χ4v) is 3.67. The van der Waals surface area contributed by atoms with E-state index in [-0.39, 0.29) is 5.92 Å². The van der Waals surface area contributed by atoms with Gasteiger partial charge >= 0.3 is 0 Å². The summed E-state index contributed by atoms with van der Waals surface area (Å²) in [5.41, 5.74) is 6.32. The first-order valence-corrected chi connectivity index (χ1v) is 9.32. The monoisotopic (exact) mass is 349 g/mol. The molecule has 27 heavy (non-hydrogen) atoms. The maximum Gasteiger partial charge on any atom is 0.0450 e. The Morgan fingerprint density at radius 3 is 1.52 bits per heavy atom. The van der Waals surface area contributed by atoms with Crippen LogP contribution in [0.4, 0.5) is 11.4 Å². The van der Waals surface area contributed by atoms with Gasteiger partial charge in [0, 0.05) is 24.3 Å². The summed E-state index contributed by atoms with van der Waals surface area (Å²) in [7, 11) is 2.14. The second-order valence-electron chi connectivity index (χ2n) is 6.71. The Morgan fingerprint density at radius 2 is 0.963 bits per heavy atom. The molecule has 1 heteroatoms. The summed E-state index contributed by atoms with van der Waals surface area (Å²) in [6.07, 6.45) is 0. The summed E-state index contributed by atoms with van der Waals surface area (Å²) >= 11 is 0. The second kappa shape index (κ2) is 7.92. The second-order valence-corrected chi connectivity index (χ2v) is 6.71. The van der Waals surface area contributed by atoms with E-state index in [9.17, 15) is 0 Å². The Morgan fingerprint density at radius 1 is 0.519 bits per heavy atom. The number of rotatable bonds is 5. The van der Waals surface area contributed by atoms with Gasteiger partial charge in [0.25, 0.3) is 0 Å². The van der Waals surface area contributed by atoms with Crippen molar-refractivity contribution in [3.63, 3.8) is 0 Å². The Kier molecular flexibility index (Phi) is 5.02. The van der Waals surface area contributed by atoms with Crippen LogP contribution in [0.2, 0.25) is 0 Å². The molecule has 1 nitrogen and oxygen atoms in total. The Balaban J connectivity index is 1.87. The standard InChI is InChI=1S/C26H23N/c1-27(23-17-9-4-10-18-23)25-20-12-11-19-24(25)26(21-13-5-2-6-14-21)22-15-7-3-8-16-22/h2-20,26H,1H3. The lowest BCUT2D eigenvalue weighted by Gasteiger charge is -2.27. The molecule has 0 bridgehead atoms. The van der Waals surface area contributed by atoms with E-state index >= 15 is 0 Å². The minimum atomic E-state index is 0.190. The third kappa shape index (κ3) is 3.63. The highest BCUT2D eigenvalue weighted by Gasteiger charge is 2.21. The highest BCUT2D eigenvalue weighted by Crippen LogP contribution is 2.38. The van der Waals surface area contributed by atoms with Gasteiger partial charge in [-0.2, -0.15) is 0 Å². The normalized spacial score (nSPS) is 10.7. The third-order valence-electron chi connectivity index (χ3n) is 5.02. The van der Waals surface area contributed by atoms with Crippen molar-refractivity contribution in [1.29, 1.82) is 0 Å². The molecule has 0 amide bonds. The molecule has 0 aliphatic carbocycles. The molecule has 0 spiro atoms. The molecular formula is C26H23N. The molecule has 0 atom stereocenters. The smallest absolute Gasteiger partial charge is 0.0450 e. The van der Waals surface area contributed by atoms with Crippen LogP contribution in [0.15, 0.2) is 115 Å². The van der Waals surface area contributed by atoms with Crippen LogP contribution in [0.5, 0.6) is 0 Å². The number of hydrogen-bond donors (Lipinski definition) is 0. The molecule has 0 heterocycles. The molecular weight excluding hydrogens is 326 g/mol. The summed E-state index contributed by atoms with van der Waals surface area (Å²) in [6, 6.07) is 40.7. The van der Waals surface area contributed by atoms with Crippen molar-refractivity contribution in [2.75, 3.05) is 11.9 Å². The Bertz CT molecular complexity index is 939.